The van der Waals surface area contributed by atoms with Crippen molar-refractivity contribution >= 4 is 27.0 Å². The Labute approximate surface area is 204 Å². The maximum atomic E-state index is 13.1. The molecule has 0 radical (unpaired) electrons. The number of hydrogen-bond donors (Lipinski definition) is 1. The summed E-state index contributed by atoms with van der Waals surface area (Å²) >= 11 is 0. The molecule has 0 bridgehead atoms. The molecule has 1 aromatic heterocycles. The average molecular weight is 507 g/mol. The van der Waals surface area contributed by atoms with E-state index in [1.807, 2.05) is 0 Å². The summed E-state index contributed by atoms with van der Waals surface area (Å²) in [5.41, 5.74) is 0.581. The van der Waals surface area contributed by atoms with E-state index in [2.05, 4.69) is 21.4 Å². The number of nitro benzene ring substituents is 2. The van der Waals surface area contributed by atoms with Gasteiger partial charge in [-0.05, 0) is 29.8 Å². The largest absolute Gasteiger partial charge is 0.334 e. The minimum Gasteiger partial charge on any atom is -0.334 e. The van der Waals surface area contributed by atoms with Crippen LogP contribution < -0.4 is 4.72 Å². The molecule has 0 spiro atoms. The van der Waals surface area contributed by atoms with Gasteiger partial charge in [0.05, 0.1) is 20.8 Å². The Morgan fingerprint density at radius 2 is 1.44 bits per heavy atom. The molecule has 1 heterocycles. The maximum absolute atomic E-state index is 13.1. The zero-order chi connectivity index (χ0) is 25.9. The van der Waals surface area contributed by atoms with Crippen LogP contribution in [0, 0.1) is 20.2 Å². The van der Waals surface area contributed by atoms with E-state index in [1.165, 1.54) is 60.7 Å². The van der Waals surface area contributed by atoms with E-state index in [4.69, 9.17) is 4.52 Å². The second-order valence-corrected chi connectivity index (χ2v) is 9.18. The molecule has 0 amide bonds. The Bertz CT molecular complexity index is 1530. The Kier molecular flexibility index (Phi) is 6.67. The van der Waals surface area contributed by atoms with Crippen LogP contribution in [-0.2, 0) is 10.0 Å². The average Bonchev–Trinajstić information content (AvgIpc) is 3.38. The van der Waals surface area contributed by atoms with Crippen molar-refractivity contribution in [3.05, 3.63) is 117 Å². The number of hydrogen-bond acceptors (Lipinski definition) is 9. The van der Waals surface area contributed by atoms with Crippen LogP contribution in [0.4, 0.5) is 11.4 Å². The quantitative estimate of drug-likeness (QED) is 0.256. The zero-order valence-corrected chi connectivity index (χ0v) is 19.2. The third-order valence-corrected chi connectivity index (χ3v) is 6.59. The summed E-state index contributed by atoms with van der Waals surface area (Å²) in [6, 6.07) is 17.3. The van der Waals surface area contributed by atoms with E-state index in [0.29, 0.717) is 11.1 Å². The first-order valence-corrected chi connectivity index (χ1v) is 11.7. The van der Waals surface area contributed by atoms with Crippen molar-refractivity contribution in [2.24, 2.45) is 0 Å². The third kappa shape index (κ3) is 5.16. The summed E-state index contributed by atoms with van der Waals surface area (Å²) in [5.74, 6) is 0.0110. The van der Waals surface area contributed by atoms with Gasteiger partial charge >= 0.3 is 0 Å². The number of non-ortho nitro benzene ring substituents is 2. The molecular weight excluding hydrogens is 490 g/mol. The number of benzene rings is 3. The Hall–Kier alpha value is -4.75. The van der Waals surface area contributed by atoms with Gasteiger partial charge in [-0.2, -0.15) is 9.71 Å². The standard InChI is InChI=1S/C23H17N5O7S/c1-15(23-24-22(25-35-23)17-9-13-19(14-10-17)28(31)32)21(16-7-11-18(12-8-16)27(29)30)26-36(33,34)20-5-3-2-4-6-20/h2-14,21,26H,1H2/t21-/m1/s1. The summed E-state index contributed by atoms with van der Waals surface area (Å²) in [6.45, 7) is 3.93. The van der Waals surface area contributed by atoms with E-state index >= 15 is 0 Å². The summed E-state index contributed by atoms with van der Waals surface area (Å²) in [5, 5.41) is 25.8. The van der Waals surface area contributed by atoms with E-state index < -0.39 is 25.9 Å². The first kappa shape index (κ1) is 24.4. The van der Waals surface area contributed by atoms with Gasteiger partial charge in [-0.15, -0.1) is 0 Å². The number of sulfonamides is 1. The van der Waals surface area contributed by atoms with Crippen LogP contribution in [0.3, 0.4) is 0 Å². The van der Waals surface area contributed by atoms with E-state index in [1.54, 1.807) is 18.2 Å². The molecule has 0 aliphatic carbocycles. The first-order chi connectivity index (χ1) is 17.2. The lowest BCUT2D eigenvalue weighted by Gasteiger charge is -2.19. The van der Waals surface area contributed by atoms with E-state index in [-0.39, 0.29) is 33.6 Å². The second-order valence-electron chi connectivity index (χ2n) is 7.47. The van der Waals surface area contributed by atoms with E-state index in [9.17, 15) is 28.6 Å². The number of aromatic nitrogens is 2. The molecule has 0 aliphatic rings. The van der Waals surface area contributed by atoms with Crippen LogP contribution in [0.5, 0.6) is 0 Å². The fourth-order valence-electron chi connectivity index (χ4n) is 3.28. The van der Waals surface area contributed by atoms with Gasteiger partial charge in [0.15, 0.2) is 0 Å². The van der Waals surface area contributed by atoms with Crippen LogP contribution in [0.2, 0.25) is 0 Å². The number of nitro groups is 2. The molecule has 13 heteroatoms. The maximum Gasteiger partial charge on any atom is 0.269 e. The first-order valence-electron chi connectivity index (χ1n) is 10.2. The second kappa shape index (κ2) is 9.85. The van der Waals surface area contributed by atoms with Crippen molar-refractivity contribution in [2.75, 3.05) is 0 Å². The topological polar surface area (TPSA) is 171 Å². The molecule has 0 aliphatic heterocycles. The van der Waals surface area contributed by atoms with Gasteiger partial charge in [-0.25, -0.2) is 8.42 Å². The van der Waals surface area contributed by atoms with Crippen molar-refractivity contribution in [3.8, 4) is 11.4 Å². The van der Waals surface area contributed by atoms with Gasteiger partial charge < -0.3 is 4.52 Å². The molecule has 3 aromatic carbocycles. The SMILES string of the molecule is C=C(c1nc(-c2ccc([N+](=O)[O-])cc2)no1)[C@@H](NS(=O)(=O)c1ccccc1)c1ccc([N+](=O)[O-])cc1. The molecule has 1 N–H and O–H groups in total. The van der Waals surface area contributed by atoms with Gasteiger partial charge in [-0.1, -0.05) is 42.1 Å². The summed E-state index contributed by atoms with van der Waals surface area (Å²) in [4.78, 5) is 25.1. The lowest BCUT2D eigenvalue weighted by molar-refractivity contribution is -0.385. The fraction of sp³-hybridized carbons (Fsp3) is 0.0435. The van der Waals surface area contributed by atoms with Crippen LogP contribution in [-0.4, -0.2) is 28.4 Å². The molecular formula is C23H17N5O7S. The summed E-state index contributed by atoms with van der Waals surface area (Å²) in [6.07, 6.45) is 0. The summed E-state index contributed by atoms with van der Waals surface area (Å²) in [7, 11) is -4.04. The molecule has 12 nitrogen and oxygen atoms in total. The van der Waals surface area contributed by atoms with Crippen LogP contribution >= 0.6 is 0 Å². The van der Waals surface area contributed by atoms with Crippen LogP contribution in [0.15, 0.2) is 94.9 Å². The molecule has 0 unspecified atom stereocenters. The van der Waals surface area contributed by atoms with Crippen LogP contribution in [0.25, 0.3) is 17.0 Å². The fourth-order valence-corrected chi connectivity index (χ4v) is 4.52. The molecule has 4 aromatic rings. The van der Waals surface area contributed by atoms with Crippen molar-refractivity contribution in [2.45, 2.75) is 10.9 Å². The molecule has 36 heavy (non-hydrogen) atoms. The highest BCUT2D eigenvalue weighted by Gasteiger charge is 2.28. The van der Waals surface area contributed by atoms with Gasteiger partial charge in [0, 0.05) is 35.4 Å². The molecule has 0 fully saturated rings. The molecule has 1 atom stereocenters. The van der Waals surface area contributed by atoms with E-state index in [0.717, 1.165) is 0 Å². The predicted octanol–water partition coefficient (Wildman–Crippen LogP) is 4.29. The minimum atomic E-state index is -4.04. The van der Waals surface area contributed by atoms with Crippen molar-refractivity contribution < 1.29 is 22.8 Å². The third-order valence-electron chi connectivity index (χ3n) is 5.15. The number of nitrogens with zero attached hydrogens (tertiary/aromatic N) is 4. The Balaban J connectivity index is 1.69. The molecule has 0 saturated carbocycles. The molecule has 4 rings (SSSR count). The summed E-state index contributed by atoms with van der Waals surface area (Å²) < 4.78 is 34.0. The molecule has 182 valence electrons. The highest BCUT2D eigenvalue weighted by atomic mass is 32.2. The van der Waals surface area contributed by atoms with Crippen molar-refractivity contribution in [1.82, 2.24) is 14.9 Å². The van der Waals surface area contributed by atoms with Crippen LogP contribution in [0.1, 0.15) is 17.5 Å². The van der Waals surface area contributed by atoms with Gasteiger partial charge in [0.25, 0.3) is 17.3 Å². The van der Waals surface area contributed by atoms with Crippen molar-refractivity contribution in [3.63, 3.8) is 0 Å². The zero-order valence-electron chi connectivity index (χ0n) is 18.3. The normalized spacial score (nSPS) is 12.1. The lowest BCUT2D eigenvalue weighted by atomic mass is 10.0. The predicted molar refractivity (Wildman–Crippen MR) is 128 cm³/mol. The number of nitrogens with one attached hydrogen (secondary N) is 1. The lowest BCUT2D eigenvalue weighted by Crippen LogP contribution is -2.29. The number of rotatable bonds is 9. The Morgan fingerprint density at radius 1 is 0.889 bits per heavy atom. The molecule has 0 saturated heterocycles. The van der Waals surface area contributed by atoms with Gasteiger partial charge in [-0.3, -0.25) is 20.2 Å². The van der Waals surface area contributed by atoms with Gasteiger partial charge in [0.2, 0.25) is 15.8 Å². The smallest absolute Gasteiger partial charge is 0.269 e. The highest BCUT2D eigenvalue weighted by Crippen LogP contribution is 2.32. The highest BCUT2D eigenvalue weighted by molar-refractivity contribution is 7.89. The van der Waals surface area contributed by atoms with Gasteiger partial charge in [0.1, 0.15) is 0 Å². The van der Waals surface area contributed by atoms with Crippen molar-refractivity contribution in [1.29, 1.82) is 0 Å². The minimum absolute atomic E-state index is 0.00168. The Morgan fingerprint density at radius 3 is 2.00 bits per heavy atom. The monoisotopic (exact) mass is 507 g/mol.